The highest BCUT2D eigenvalue weighted by molar-refractivity contribution is 6.43. The number of hydrogen-bond donors (Lipinski definition) is 0. The van der Waals surface area contributed by atoms with Crippen molar-refractivity contribution in [3.05, 3.63) is 62.5 Å². The molecule has 2 aliphatic heterocycles. The molecule has 0 amide bonds. The van der Waals surface area contributed by atoms with Gasteiger partial charge in [-0.25, -0.2) is 0 Å². The van der Waals surface area contributed by atoms with Crippen molar-refractivity contribution in [1.29, 1.82) is 0 Å². The van der Waals surface area contributed by atoms with Gasteiger partial charge in [0, 0.05) is 44.6 Å². The number of aryl methyl sites for hydroxylation is 1. The minimum atomic E-state index is -0.179. The van der Waals surface area contributed by atoms with Crippen LogP contribution >= 0.6 is 23.2 Å². The largest absolute Gasteiger partial charge is 0.497 e. The van der Waals surface area contributed by atoms with E-state index in [0.717, 1.165) is 44.0 Å². The number of ether oxygens (including phenoxy) is 2. The van der Waals surface area contributed by atoms with Crippen molar-refractivity contribution in [1.82, 2.24) is 29.1 Å². The molecule has 2 fully saturated rings. The Balaban J connectivity index is 1.43. The molecule has 5 aromatic rings. The summed E-state index contributed by atoms with van der Waals surface area (Å²) in [4.78, 5) is 21.3. The van der Waals surface area contributed by atoms with Crippen molar-refractivity contribution in [2.24, 2.45) is 25.9 Å². The topological polar surface area (TPSA) is 92.2 Å². The SMILES string of the molecule is COc1ccc(Cn2nc3nc(N4CC5COCC(C5)C4)n(C)c(=O)c3c2-c2ccc3nn(C)c(Cl)c3c2Cl)cc1. The normalized spacial score (nSPS) is 18.9. The lowest BCUT2D eigenvalue weighted by molar-refractivity contribution is 0.00579. The molecule has 41 heavy (non-hydrogen) atoms. The van der Waals surface area contributed by atoms with Crippen molar-refractivity contribution in [2.75, 3.05) is 38.3 Å². The van der Waals surface area contributed by atoms with Crippen LogP contribution < -0.4 is 15.2 Å². The van der Waals surface area contributed by atoms with Crippen LogP contribution in [0.3, 0.4) is 0 Å². The predicted octanol–water partition coefficient (Wildman–Crippen LogP) is 4.52. The molecule has 2 bridgehead atoms. The third-order valence-corrected chi connectivity index (χ3v) is 9.01. The molecule has 2 atom stereocenters. The molecule has 3 aromatic heterocycles. The molecule has 0 radical (unpaired) electrons. The summed E-state index contributed by atoms with van der Waals surface area (Å²) in [5.41, 5.74) is 3.09. The smallest absolute Gasteiger partial charge is 0.266 e. The molecule has 212 valence electrons. The summed E-state index contributed by atoms with van der Waals surface area (Å²) in [6.45, 7) is 3.46. The molecule has 0 aliphatic carbocycles. The van der Waals surface area contributed by atoms with Gasteiger partial charge in [0.1, 0.15) is 16.3 Å². The lowest BCUT2D eigenvalue weighted by Gasteiger charge is -2.41. The highest BCUT2D eigenvalue weighted by Crippen LogP contribution is 2.40. The Kier molecular flexibility index (Phi) is 6.44. The Morgan fingerprint density at radius 3 is 2.44 bits per heavy atom. The van der Waals surface area contributed by atoms with Crippen LogP contribution in [0.25, 0.3) is 33.2 Å². The quantitative estimate of drug-likeness (QED) is 0.296. The van der Waals surface area contributed by atoms with Crippen LogP contribution in [-0.4, -0.2) is 62.5 Å². The van der Waals surface area contributed by atoms with Crippen molar-refractivity contribution >= 4 is 51.1 Å². The summed E-state index contributed by atoms with van der Waals surface area (Å²) in [5.74, 6) is 2.23. The Morgan fingerprint density at radius 2 is 1.73 bits per heavy atom. The minimum Gasteiger partial charge on any atom is -0.497 e. The van der Waals surface area contributed by atoms with Gasteiger partial charge in [0.05, 0.1) is 48.5 Å². The monoisotopic (exact) mass is 593 g/mol. The number of nitrogens with zero attached hydrogens (tertiary/aromatic N) is 7. The maximum absolute atomic E-state index is 14.1. The number of hydrogen-bond acceptors (Lipinski definition) is 7. The first-order valence-electron chi connectivity index (χ1n) is 13.6. The fourth-order valence-electron chi connectivity index (χ4n) is 6.25. The lowest BCUT2D eigenvalue weighted by Crippen LogP contribution is -2.48. The number of anilines is 1. The van der Waals surface area contributed by atoms with E-state index in [1.165, 1.54) is 0 Å². The molecule has 0 saturated carbocycles. The van der Waals surface area contributed by atoms with Crippen molar-refractivity contribution in [2.45, 2.75) is 13.0 Å². The van der Waals surface area contributed by atoms with Crippen LogP contribution in [0, 0.1) is 11.8 Å². The van der Waals surface area contributed by atoms with E-state index in [0.29, 0.717) is 67.7 Å². The fourth-order valence-corrected chi connectivity index (χ4v) is 6.86. The maximum atomic E-state index is 14.1. The molecule has 0 spiro atoms. The first-order chi connectivity index (χ1) is 19.8. The van der Waals surface area contributed by atoms with E-state index in [4.69, 9.17) is 42.8 Å². The number of benzene rings is 2. The Hall–Kier alpha value is -3.60. The summed E-state index contributed by atoms with van der Waals surface area (Å²) in [6, 6.07) is 11.5. The molecular weight excluding hydrogens is 565 g/mol. The second-order valence-electron chi connectivity index (χ2n) is 11.0. The van der Waals surface area contributed by atoms with Gasteiger partial charge in [0.2, 0.25) is 5.95 Å². The average molecular weight is 595 g/mol. The number of halogens is 2. The van der Waals surface area contributed by atoms with E-state index < -0.39 is 0 Å². The van der Waals surface area contributed by atoms with E-state index in [9.17, 15) is 4.79 Å². The number of rotatable bonds is 5. The first kappa shape index (κ1) is 26.3. The molecule has 2 aromatic carbocycles. The molecule has 7 rings (SSSR count). The van der Waals surface area contributed by atoms with E-state index in [-0.39, 0.29) is 5.56 Å². The Labute approximate surface area is 246 Å². The van der Waals surface area contributed by atoms with Gasteiger partial charge in [-0.05, 0) is 36.2 Å². The maximum Gasteiger partial charge on any atom is 0.266 e. The fraction of sp³-hybridized carbons (Fsp3) is 0.379. The van der Waals surface area contributed by atoms with Gasteiger partial charge in [-0.1, -0.05) is 35.3 Å². The number of methoxy groups -OCH3 is 1. The standard InChI is InChI=1S/C29H29Cl2N7O3/c1-35-28(39)23-25(20-8-9-21-22(24(20)30)26(31)36(2)33-21)38(13-16-4-6-19(40-3)7-5-16)34-27(23)32-29(35)37-11-17-10-18(12-37)15-41-14-17/h4-9,17-18H,10-15H2,1-3H3. The van der Waals surface area contributed by atoms with Crippen molar-refractivity contribution < 1.29 is 9.47 Å². The third-order valence-electron chi connectivity index (χ3n) is 8.19. The second kappa shape index (κ2) is 10.0. The van der Waals surface area contributed by atoms with E-state index in [2.05, 4.69) is 10.00 Å². The molecule has 0 N–H and O–H groups in total. The number of fused-ring (bicyclic) bond motifs is 4. The summed E-state index contributed by atoms with van der Waals surface area (Å²) in [6.07, 6.45) is 1.14. The highest BCUT2D eigenvalue weighted by Gasteiger charge is 2.34. The van der Waals surface area contributed by atoms with Gasteiger partial charge >= 0.3 is 0 Å². The van der Waals surface area contributed by atoms with Gasteiger partial charge in [-0.2, -0.15) is 15.2 Å². The zero-order valence-corrected chi connectivity index (χ0v) is 24.5. The summed E-state index contributed by atoms with van der Waals surface area (Å²) in [7, 11) is 5.18. The zero-order valence-electron chi connectivity index (χ0n) is 23.0. The van der Waals surface area contributed by atoms with Gasteiger partial charge in [0.15, 0.2) is 5.65 Å². The molecule has 10 nitrogen and oxygen atoms in total. The predicted molar refractivity (Wildman–Crippen MR) is 159 cm³/mol. The summed E-state index contributed by atoms with van der Waals surface area (Å²) in [5, 5.41) is 11.2. The average Bonchev–Trinajstić information content (AvgIpc) is 3.47. The van der Waals surface area contributed by atoms with Crippen molar-refractivity contribution in [3.63, 3.8) is 0 Å². The highest BCUT2D eigenvalue weighted by atomic mass is 35.5. The van der Waals surface area contributed by atoms with Gasteiger partial charge in [0.25, 0.3) is 5.56 Å². The summed E-state index contributed by atoms with van der Waals surface area (Å²) < 4.78 is 16.1. The molecular formula is C29H29Cl2N7O3. The van der Waals surface area contributed by atoms with E-state index >= 15 is 0 Å². The van der Waals surface area contributed by atoms with E-state index in [1.807, 2.05) is 36.4 Å². The van der Waals surface area contributed by atoms with E-state index in [1.54, 1.807) is 35.1 Å². The van der Waals surface area contributed by atoms with Crippen LogP contribution in [0.5, 0.6) is 5.75 Å². The molecule has 5 heterocycles. The van der Waals surface area contributed by atoms with Crippen LogP contribution in [0.1, 0.15) is 12.0 Å². The number of piperidine rings is 1. The van der Waals surface area contributed by atoms with Gasteiger partial charge in [-0.15, -0.1) is 0 Å². The Bertz CT molecular complexity index is 1850. The van der Waals surface area contributed by atoms with Gasteiger partial charge < -0.3 is 14.4 Å². The van der Waals surface area contributed by atoms with Crippen LogP contribution in [0.2, 0.25) is 10.2 Å². The first-order valence-corrected chi connectivity index (χ1v) is 14.3. The van der Waals surface area contributed by atoms with Crippen LogP contribution in [-0.2, 0) is 25.4 Å². The second-order valence-corrected chi connectivity index (χ2v) is 11.7. The Morgan fingerprint density at radius 1 is 1.00 bits per heavy atom. The molecule has 12 heteroatoms. The number of aromatic nitrogens is 6. The minimum absolute atomic E-state index is 0.179. The molecule has 2 saturated heterocycles. The van der Waals surface area contributed by atoms with Crippen molar-refractivity contribution in [3.8, 4) is 17.0 Å². The van der Waals surface area contributed by atoms with Crippen LogP contribution in [0.15, 0.2) is 41.2 Å². The van der Waals surface area contributed by atoms with Gasteiger partial charge in [-0.3, -0.25) is 18.7 Å². The third kappa shape index (κ3) is 4.36. The molecule has 2 aliphatic rings. The lowest BCUT2D eigenvalue weighted by atomic mass is 9.88. The zero-order chi connectivity index (χ0) is 28.4. The summed E-state index contributed by atoms with van der Waals surface area (Å²) >= 11 is 13.6. The molecule has 2 unspecified atom stereocenters. The van der Waals surface area contributed by atoms with Crippen LogP contribution in [0.4, 0.5) is 5.95 Å².